The molecule has 4 heteroatoms. The average molecular weight is 233 g/mol. The zero-order valence-corrected chi connectivity index (χ0v) is 9.77. The van der Waals surface area contributed by atoms with Gasteiger partial charge in [0.05, 0.1) is 5.56 Å². The summed E-state index contributed by atoms with van der Waals surface area (Å²) in [5, 5.41) is 8.93. The number of hydrogen-bond acceptors (Lipinski definition) is 2. The zero-order chi connectivity index (χ0) is 12.4. The van der Waals surface area contributed by atoms with E-state index in [0.717, 1.165) is 30.6 Å². The van der Waals surface area contributed by atoms with Gasteiger partial charge in [-0.1, -0.05) is 6.92 Å². The Morgan fingerprint density at radius 2 is 2.18 bits per heavy atom. The van der Waals surface area contributed by atoms with Crippen LogP contribution in [0.1, 0.15) is 35.7 Å². The number of carboxylic acids is 1. The number of hydrogen-bond donors (Lipinski definition) is 1. The van der Waals surface area contributed by atoms with E-state index in [-0.39, 0.29) is 11.5 Å². The Labute approximate surface area is 99.9 Å². The van der Waals surface area contributed by atoms with E-state index in [1.807, 2.05) is 6.92 Å². The maximum absolute atomic E-state index is 11.8. The molecule has 90 valence electrons. The molecule has 0 aromatic heterocycles. The number of amides is 1. The van der Waals surface area contributed by atoms with E-state index in [2.05, 4.69) is 0 Å². The van der Waals surface area contributed by atoms with E-state index in [0.29, 0.717) is 6.42 Å². The van der Waals surface area contributed by atoms with E-state index in [1.54, 1.807) is 23.1 Å². The summed E-state index contributed by atoms with van der Waals surface area (Å²) >= 11 is 0. The molecular formula is C13H15NO3. The third-order valence-electron chi connectivity index (χ3n) is 3.05. The summed E-state index contributed by atoms with van der Waals surface area (Å²) < 4.78 is 0. The Morgan fingerprint density at radius 3 is 2.82 bits per heavy atom. The lowest BCUT2D eigenvalue weighted by molar-refractivity contribution is -0.118. The average Bonchev–Trinajstić information content (AvgIpc) is 2.36. The third kappa shape index (κ3) is 2.16. The van der Waals surface area contributed by atoms with Gasteiger partial charge in [-0.2, -0.15) is 0 Å². The van der Waals surface area contributed by atoms with Crippen LogP contribution in [0.5, 0.6) is 0 Å². The molecule has 1 amide bonds. The van der Waals surface area contributed by atoms with Gasteiger partial charge in [0.1, 0.15) is 0 Å². The molecule has 0 atom stereocenters. The van der Waals surface area contributed by atoms with Gasteiger partial charge in [0.25, 0.3) is 0 Å². The molecule has 0 saturated carbocycles. The van der Waals surface area contributed by atoms with Gasteiger partial charge in [0.15, 0.2) is 0 Å². The van der Waals surface area contributed by atoms with Crippen molar-refractivity contribution in [2.24, 2.45) is 0 Å². The standard InChI is InChI=1S/C13H15NO3/c1-2-12(15)14-7-3-4-9-8-10(13(16)17)5-6-11(9)14/h5-6,8H,2-4,7H2,1H3,(H,16,17). The number of fused-ring (bicyclic) bond motifs is 1. The van der Waals surface area contributed by atoms with E-state index in [1.165, 1.54) is 0 Å². The maximum atomic E-state index is 11.8. The fourth-order valence-corrected chi connectivity index (χ4v) is 2.18. The quantitative estimate of drug-likeness (QED) is 0.850. The molecule has 1 aromatic carbocycles. The molecule has 0 fully saturated rings. The van der Waals surface area contributed by atoms with Gasteiger partial charge in [-0.3, -0.25) is 4.79 Å². The summed E-state index contributed by atoms with van der Waals surface area (Å²) in [7, 11) is 0. The van der Waals surface area contributed by atoms with Crippen molar-refractivity contribution in [3.63, 3.8) is 0 Å². The summed E-state index contributed by atoms with van der Waals surface area (Å²) in [6.45, 7) is 2.56. The Balaban J connectivity index is 2.40. The van der Waals surface area contributed by atoms with Crippen LogP contribution in [0.2, 0.25) is 0 Å². The number of benzene rings is 1. The van der Waals surface area contributed by atoms with E-state index < -0.39 is 5.97 Å². The number of aryl methyl sites for hydroxylation is 1. The molecule has 0 bridgehead atoms. The molecule has 0 saturated heterocycles. The topological polar surface area (TPSA) is 57.6 Å². The van der Waals surface area contributed by atoms with E-state index in [9.17, 15) is 9.59 Å². The smallest absolute Gasteiger partial charge is 0.335 e. The first kappa shape index (κ1) is 11.6. The molecule has 2 rings (SSSR count). The van der Waals surface area contributed by atoms with Crippen LogP contribution in [0.25, 0.3) is 0 Å². The molecule has 4 nitrogen and oxygen atoms in total. The van der Waals surface area contributed by atoms with Gasteiger partial charge >= 0.3 is 5.97 Å². The van der Waals surface area contributed by atoms with Crippen molar-refractivity contribution in [3.05, 3.63) is 29.3 Å². The first-order valence-corrected chi connectivity index (χ1v) is 5.80. The molecule has 1 aliphatic rings. The Bertz CT molecular complexity index is 468. The lowest BCUT2D eigenvalue weighted by Crippen LogP contribution is -2.34. The van der Waals surface area contributed by atoms with Crippen molar-refractivity contribution >= 4 is 17.6 Å². The second kappa shape index (κ2) is 4.57. The molecular weight excluding hydrogens is 218 g/mol. The molecule has 17 heavy (non-hydrogen) atoms. The van der Waals surface area contributed by atoms with Crippen molar-refractivity contribution < 1.29 is 14.7 Å². The Hall–Kier alpha value is -1.84. The fraction of sp³-hybridized carbons (Fsp3) is 0.385. The Morgan fingerprint density at radius 1 is 1.41 bits per heavy atom. The van der Waals surface area contributed by atoms with Gasteiger partial charge in [0, 0.05) is 18.7 Å². The molecule has 1 N–H and O–H groups in total. The summed E-state index contributed by atoms with van der Waals surface area (Å²) in [6.07, 6.45) is 2.20. The number of carbonyl (C=O) groups is 2. The predicted molar refractivity (Wildman–Crippen MR) is 64.4 cm³/mol. The first-order chi connectivity index (χ1) is 8.13. The lowest BCUT2D eigenvalue weighted by Gasteiger charge is -2.29. The van der Waals surface area contributed by atoms with Gasteiger partial charge < -0.3 is 10.0 Å². The summed E-state index contributed by atoms with van der Waals surface area (Å²) in [5.41, 5.74) is 2.11. The highest BCUT2D eigenvalue weighted by molar-refractivity contribution is 5.95. The van der Waals surface area contributed by atoms with Crippen LogP contribution in [0, 0.1) is 0 Å². The van der Waals surface area contributed by atoms with Crippen molar-refractivity contribution in [2.75, 3.05) is 11.4 Å². The summed E-state index contributed by atoms with van der Waals surface area (Å²) in [5.74, 6) is -0.833. The van der Waals surface area contributed by atoms with Crippen LogP contribution in [-0.2, 0) is 11.2 Å². The molecule has 1 aliphatic heterocycles. The fourth-order valence-electron chi connectivity index (χ4n) is 2.18. The number of aromatic carboxylic acids is 1. The highest BCUT2D eigenvalue weighted by Crippen LogP contribution is 2.28. The number of anilines is 1. The second-order valence-electron chi connectivity index (χ2n) is 4.15. The minimum Gasteiger partial charge on any atom is -0.478 e. The van der Waals surface area contributed by atoms with E-state index >= 15 is 0 Å². The molecule has 1 aromatic rings. The van der Waals surface area contributed by atoms with Crippen molar-refractivity contribution in [1.29, 1.82) is 0 Å². The Kier molecular flexibility index (Phi) is 3.13. The van der Waals surface area contributed by atoms with Gasteiger partial charge in [-0.05, 0) is 36.6 Å². The lowest BCUT2D eigenvalue weighted by atomic mass is 9.99. The van der Waals surface area contributed by atoms with Gasteiger partial charge in [-0.15, -0.1) is 0 Å². The molecule has 1 heterocycles. The monoisotopic (exact) mass is 233 g/mol. The van der Waals surface area contributed by atoms with Gasteiger partial charge in [0.2, 0.25) is 5.91 Å². The highest BCUT2D eigenvalue weighted by atomic mass is 16.4. The molecule has 0 spiro atoms. The zero-order valence-electron chi connectivity index (χ0n) is 9.77. The van der Waals surface area contributed by atoms with Crippen molar-refractivity contribution in [3.8, 4) is 0 Å². The summed E-state index contributed by atoms with van der Waals surface area (Å²) in [4.78, 5) is 24.4. The van der Waals surface area contributed by atoms with Crippen LogP contribution in [0.15, 0.2) is 18.2 Å². The third-order valence-corrected chi connectivity index (χ3v) is 3.05. The summed E-state index contributed by atoms with van der Waals surface area (Å²) in [6, 6.07) is 4.97. The normalized spacial score (nSPS) is 14.3. The van der Waals surface area contributed by atoms with Crippen LogP contribution in [0.3, 0.4) is 0 Å². The predicted octanol–water partition coefficient (Wildman–Crippen LogP) is 2.07. The molecule has 0 unspecified atom stereocenters. The van der Waals surface area contributed by atoms with Crippen LogP contribution in [-0.4, -0.2) is 23.5 Å². The number of carbonyl (C=O) groups excluding carboxylic acids is 1. The first-order valence-electron chi connectivity index (χ1n) is 5.80. The van der Waals surface area contributed by atoms with Crippen LogP contribution >= 0.6 is 0 Å². The van der Waals surface area contributed by atoms with Crippen molar-refractivity contribution in [1.82, 2.24) is 0 Å². The largest absolute Gasteiger partial charge is 0.478 e. The molecule has 0 aliphatic carbocycles. The van der Waals surface area contributed by atoms with Crippen molar-refractivity contribution in [2.45, 2.75) is 26.2 Å². The molecule has 0 radical (unpaired) electrons. The number of rotatable bonds is 2. The number of carboxylic acid groups (broad SMARTS) is 1. The second-order valence-corrected chi connectivity index (χ2v) is 4.15. The maximum Gasteiger partial charge on any atom is 0.335 e. The highest BCUT2D eigenvalue weighted by Gasteiger charge is 2.22. The van der Waals surface area contributed by atoms with Gasteiger partial charge in [-0.25, -0.2) is 4.79 Å². The SMILES string of the molecule is CCC(=O)N1CCCc2cc(C(=O)O)ccc21. The minimum absolute atomic E-state index is 0.0917. The number of nitrogens with zero attached hydrogens (tertiary/aromatic N) is 1. The van der Waals surface area contributed by atoms with Crippen LogP contribution in [0.4, 0.5) is 5.69 Å². The minimum atomic E-state index is -0.924. The van der Waals surface area contributed by atoms with Crippen LogP contribution < -0.4 is 4.90 Å². The van der Waals surface area contributed by atoms with E-state index in [4.69, 9.17) is 5.11 Å².